The van der Waals surface area contributed by atoms with Crippen molar-refractivity contribution in [2.45, 2.75) is 52.2 Å². The third kappa shape index (κ3) is 8.34. The predicted molar refractivity (Wildman–Crippen MR) is 141 cm³/mol. The standard InChI is InChI=1S/C26H36FN3O6S/c1-8-21(25(32)28-26(2,3)4)29(16-18-9-11-19(27)12-10-18)24(31)17-30(37(7,33)34)20-13-14-22(35-5)23(15-20)36-6/h9-15,21H,8,16-17H2,1-7H3,(H,28,32). The molecule has 11 heteroatoms. The number of hydrogen-bond acceptors (Lipinski definition) is 6. The Morgan fingerprint density at radius 2 is 1.62 bits per heavy atom. The van der Waals surface area contributed by atoms with Gasteiger partial charge in [0, 0.05) is 18.2 Å². The fourth-order valence-electron chi connectivity index (χ4n) is 3.75. The molecule has 2 aromatic rings. The van der Waals surface area contributed by atoms with Gasteiger partial charge < -0.3 is 19.7 Å². The highest BCUT2D eigenvalue weighted by molar-refractivity contribution is 7.92. The van der Waals surface area contributed by atoms with Crippen LogP contribution in [0.25, 0.3) is 0 Å². The average Bonchev–Trinajstić information content (AvgIpc) is 2.81. The molecule has 0 spiro atoms. The minimum Gasteiger partial charge on any atom is -0.493 e. The number of halogens is 1. The van der Waals surface area contributed by atoms with Crippen molar-refractivity contribution in [1.82, 2.24) is 10.2 Å². The van der Waals surface area contributed by atoms with Gasteiger partial charge in [-0.2, -0.15) is 0 Å². The number of ether oxygens (including phenoxy) is 2. The predicted octanol–water partition coefficient (Wildman–Crippen LogP) is 3.33. The Bertz CT molecular complexity index is 1200. The van der Waals surface area contributed by atoms with Crippen LogP contribution in [0.3, 0.4) is 0 Å². The van der Waals surface area contributed by atoms with Crippen LogP contribution in [0.2, 0.25) is 0 Å². The van der Waals surface area contributed by atoms with Gasteiger partial charge in [-0.3, -0.25) is 13.9 Å². The summed E-state index contributed by atoms with van der Waals surface area (Å²) in [5, 5.41) is 2.89. The summed E-state index contributed by atoms with van der Waals surface area (Å²) in [6.07, 6.45) is 1.27. The molecule has 0 saturated carbocycles. The molecule has 0 bridgehead atoms. The van der Waals surface area contributed by atoms with E-state index in [0.717, 1.165) is 10.6 Å². The average molecular weight is 538 g/mol. The first-order chi connectivity index (χ1) is 17.2. The van der Waals surface area contributed by atoms with E-state index in [0.29, 0.717) is 17.1 Å². The number of sulfonamides is 1. The molecule has 0 saturated heterocycles. The van der Waals surface area contributed by atoms with Crippen molar-refractivity contribution in [3.63, 3.8) is 0 Å². The Morgan fingerprint density at radius 3 is 2.11 bits per heavy atom. The van der Waals surface area contributed by atoms with Gasteiger partial charge >= 0.3 is 0 Å². The molecule has 0 aliphatic heterocycles. The smallest absolute Gasteiger partial charge is 0.244 e. The summed E-state index contributed by atoms with van der Waals surface area (Å²) in [7, 11) is -1.04. The number of carbonyl (C=O) groups excluding carboxylic acids is 2. The lowest BCUT2D eigenvalue weighted by Crippen LogP contribution is -2.55. The van der Waals surface area contributed by atoms with Gasteiger partial charge in [-0.25, -0.2) is 12.8 Å². The maximum atomic E-state index is 13.7. The molecular weight excluding hydrogens is 501 g/mol. The zero-order valence-corrected chi connectivity index (χ0v) is 23.2. The number of rotatable bonds is 11. The molecule has 0 aliphatic carbocycles. The largest absolute Gasteiger partial charge is 0.493 e. The molecule has 1 N–H and O–H groups in total. The van der Waals surface area contributed by atoms with Crippen molar-refractivity contribution in [3.05, 3.63) is 53.8 Å². The van der Waals surface area contributed by atoms with Crippen LogP contribution in [0.4, 0.5) is 10.1 Å². The van der Waals surface area contributed by atoms with Gasteiger partial charge in [0.25, 0.3) is 0 Å². The Labute approximate surface area is 218 Å². The highest BCUT2D eigenvalue weighted by Crippen LogP contribution is 2.32. The number of carbonyl (C=O) groups is 2. The molecule has 2 amide bonds. The summed E-state index contributed by atoms with van der Waals surface area (Å²) >= 11 is 0. The number of anilines is 1. The Morgan fingerprint density at radius 1 is 1.03 bits per heavy atom. The lowest BCUT2D eigenvalue weighted by molar-refractivity contribution is -0.141. The maximum Gasteiger partial charge on any atom is 0.244 e. The Balaban J connectivity index is 2.50. The number of nitrogens with zero attached hydrogens (tertiary/aromatic N) is 2. The molecule has 0 aromatic heterocycles. The Kier molecular flexibility index (Phi) is 9.91. The first kappa shape index (κ1) is 29.9. The molecule has 0 aliphatic rings. The summed E-state index contributed by atoms with van der Waals surface area (Å²) in [5.74, 6) is -0.715. The van der Waals surface area contributed by atoms with Crippen molar-refractivity contribution in [3.8, 4) is 11.5 Å². The first-order valence-corrected chi connectivity index (χ1v) is 13.6. The van der Waals surface area contributed by atoms with Gasteiger partial charge in [0.15, 0.2) is 11.5 Å². The van der Waals surface area contributed by atoms with E-state index in [-0.39, 0.29) is 24.6 Å². The van der Waals surface area contributed by atoms with Gasteiger partial charge in [-0.1, -0.05) is 19.1 Å². The zero-order chi connectivity index (χ0) is 28.0. The summed E-state index contributed by atoms with van der Waals surface area (Å²) in [4.78, 5) is 28.2. The van der Waals surface area contributed by atoms with Gasteiger partial charge in [0.1, 0.15) is 18.4 Å². The van der Waals surface area contributed by atoms with Gasteiger partial charge in [0.05, 0.1) is 26.2 Å². The van der Waals surface area contributed by atoms with Crippen LogP contribution in [-0.4, -0.2) is 63.7 Å². The van der Waals surface area contributed by atoms with E-state index < -0.39 is 39.9 Å². The highest BCUT2D eigenvalue weighted by Gasteiger charge is 2.33. The number of hydrogen-bond donors (Lipinski definition) is 1. The second kappa shape index (κ2) is 12.3. The van der Waals surface area contributed by atoms with Crippen LogP contribution in [0.15, 0.2) is 42.5 Å². The minimum atomic E-state index is -3.91. The quantitative estimate of drug-likeness (QED) is 0.472. The van der Waals surface area contributed by atoms with Crippen molar-refractivity contribution in [2.75, 3.05) is 31.3 Å². The van der Waals surface area contributed by atoms with Crippen LogP contribution in [0.1, 0.15) is 39.7 Å². The molecule has 0 radical (unpaired) electrons. The Hall–Kier alpha value is -3.34. The molecule has 37 heavy (non-hydrogen) atoms. The second-order valence-electron chi connectivity index (χ2n) is 9.62. The molecule has 0 heterocycles. The number of benzene rings is 2. The van der Waals surface area contributed by atoms with E-state index in [9.17, 15) is 22.4 Å². The molecule has 2 aromatic carbocycles. The van der Waals surface area contributed by atoms with Gasteiger partial charge in [-0.15, -0.1) is 0 Å². The molecule has 1 unspecified atom stereocenters. The SMILES string of the molecule is CCC(C(=O)NC(C)(C)C)N(Cc1ccc(F)cc1)C(=O)CN(c1ccc(OC)c(OC)c1)S(C)(=O)=O. The van der Waals surface area contributed by atoms with Crippen molar-refractivity contribution in [1.29, 1.82) is 0 Å². The summed E-state index contributed by atoms with van der Waals surface area (Å²) in [6, 6.07) is 9.19. The lowest BCUT2D eigenvalue weighted by atomic mass is 10.1. The molecule has 204 valence electrons. The van der Waals surface area contributed by atoms with Crippen LogP contribution >= 0.6 is 0 Å². The van der Waals surface area contributed by atoms with Gasteiger partial charge in [-0.05, 0) is 57.0 Å². The van der Waals surface area contributed by atoms with Crippen LogP contribution < -0.4 is 19.1 Å². The van der Waals surface area contributed by atoms with E-state index >= 15 is 0 Å². The molecular formula is C26H36FN3O6S. The van der Waals surface area contributed by atoms with Crippen LogP contribution in [0.5, 0.6) is 11.5 Å². The summed E-state index contributed by atoms with van der Waals surface area (Å²) in [6.45, 7) is 6.67. The first-order valence-electron chi connectivity index (χ1n) is 11.8. The third-order valence-corrected chi connectivity index (χ3v) is 6.63. The molecule has 2 rings (SSSR count). The van der Waals surface area contributed by atoms with E-state index in [1.807, 2.05) is 20.8 Å². The molecule has 9 nitrogen and oxygen atoms in total. The zero-order valence-electron chi connectivity index (χ0n) is 22.4. The summed E-state index contributed by atoms with van der Waals surface area (Å²) < 4.78 is 50.5. The number of nitrogens with one attached hydrogen (secondary N) is 1. The van der Waals surface area contributed by atoms with E-state index in [1.54, 1.807) is 13.0 Å². The number of amides is 2. The van der Waals surface area contributed by atoms with E-state index in [4.69, 9.17) is 9.47 Å². The number of methoxy groups -OCH3 is 2. The fraction of sp³-hybridized carbons (Fsp3) is 0.462. The fourth-order valence-corrected chi connectivity index (χ4v) is 4.59. The van der Waals surface area contributed by atoms with Crippen molar-refractivity contribution in [2.24, 2.45) is 0 Å². The molecule has 1 atom stereocenters. The summed E-state index contributed by atoms with van der Waals surface area (Å²) in [5.41, 5.74) is 0.240. The monoisotopic (exact) mass is 537 g/mol. The van der Waals surface area contributed by atoms with Gasteiger partial charge in [0.2, 0.25) is 21.8 Å². The lowest BCUT2D eigenvalue weighted by Gasteiger charge is -2.34. The second-order valence-corrected chi connectivity index (χ2v) is 11.5. The van der Waals surface area contributed by atoms with Crippen molar-refractivity contribution < 1.29 is 31.9 Å². The minimum absolute atomic E-state index is 0.0152. The van der Waals surface area contributed by atoms with Crippen LogP contribution in [0, 0.1) is 5.82 Å². The van der Waals surface area contributed by atoms with E-state index in [1.165, 1.54) is 55.5 Å². The molecule has 0 fully saturated rings. The normalized spacial score (nSPS) is 12.4. The maximum absolute atomic E-state index is 13.7. The van der Waals surface area contributed by atoms with E-state index in [2.05, 4.69) is 5.32 Å². The van der Waals surface area contributed by atoms with Crippen molar-refractivity contribution >= 4 is 27.5 Å². The topological polar surface area (TPSA) is 105 Å². The third-order valence-electron chi connectivity index (χ3n) is 5.48. The van der Waals surface area contributed by atoms with Crippen LogP contribution in [-0.2, 0) is 26.2 Å². The highest BCUT2D eigenvalue weighted by atomic mass is 32.2.